The third-order valence-electron chi connectivity index (χ3n) is 3.68. The van der Waals surface area contributed by atoms with E-state index in [-0.39, 0.29) is 5.56 Å². The van der Waals surface area contributed by atoms with E-state index >= 15 is 0 Å². The van der Waals surface area contributed by atoms with Gasteiger partial charge in [-0.25, -0.2) is 0 Å². The van der Waals surface area contributed by atoms with Crippen molar-refractivity contribution in [1.29, 1.82) is 0 Å². The number of benzene rings is 1. The number of hydrogen-bond acceptors (Lipinski definition) is 1. The highest BCUT2D eigenvalue weighted by atomic mass is 16.1. The highest BCUT2D eigenvalue weighted by molar-refractivity contribution is 6.06. The summed E-state index contributed by atoms with van der Waals surface area (Å²) in [7, 11) is 0. The summed E-state index contributed by atoms with van der Waals surface area (Å²) in [5, 5.41) is 2.22. The summed E-state index contributed by atoms with van der Waals surface area (Å²) in [6.45, 7) is 0.861. The quantitative estimate of drug-likeness (QED) is 0.625. The zero-order valence-corrected chi connectivity index (χ0v) is 9.36. The molecular weight excluding hydrogens is 212 g/mol. The third-order valence-corrected chi connectivity index (χ3v) is 3.68. The van der Waals surface area contributed by atoms with Crippen molar-refractivity contribution in [3.63, 3.8) is 0 Å². The normalized spacial score (nSPS) is 14.6. The lowest BCUT2D eigenvalue weighted by molar-refractivity contribution is 0.726. The van der Waals surface area contributed by atoms with Gasteiger partial charge in [0.2, 0.25) is 0 Å². The van der Waals surface area contributed by atoms with Gasteiger partial charge < -0.3 is 9.55 Å². The zero-order valence-electron chi connectivity index (χ0n) is 9.36. The van der Waals surface area contributed by atoms with E-state index in [1.165, 1.54) is 5.69 Å². The van der Waals surface area contributed by atoms with Crippen LogP contribution in [0, 0.1) is 0 Å². The van der Waals surface area contributed by atoms with Crippen molar-refractivity contribution < 1.29 is 0 Å². The Morgan fingerprint density at radius 2 is 2.06 bits per heavy atom. The highest BCUT2D eigenvalue weighted by Crippen LogP contribution is 2.25. The Balaban J connectivity index is 2.28. The van der Waals surface area contributed by atoms with Crippen molar-refractivity contribution in [3.8, 4) is 0 Å². The van der Waals surface area contributed by atoms with Gasteiger partial charge in [-0.05, 0) is 25.0 Å². The standard InChI is InChI=1S/C14H12N2O/c17-14-13-11(8-9-4-3-7-16(9)14)10-5-1-2-6-12(10)15-13/h1-2,5-6,8,15H,3-4,7H2. The maximum absolute atomic E-state index is 12.3. The van der Waals surface area contributed by atoms with E-state index in [0.717, 1.165) is 41.2 Å². The Kier molecular flexibility index (Phi) is 1.60. The molecule has 0 fully saturated rings. The Labute approximate surface area is 97.7 Å². The number of rotatable bonds is 0. The van der Waals surface area contributed by atoms with Crippen LogP contribution in [0.25, 0.3) is 21.8 Å². The Morgan fingerprint density at radius 1 is 1.18 bits per heavy atom. The van der Waals surface area contributed by atoms with E-state index in [1.54, 1.807) is 0 Å². The van der Waals surface area contributed by atoms with Crippen molar-refractivity contribution in [2.45, 2.75) is 19.4 Å². The van der Waals surface area contributed by atoms with E-state index in [4.69, 9.17) is 0 Å². The van der Waals surface area contributed by atoms with Crippen molar-refractivity contribution in [2.75, 3.05) is 0 Å². The van der Waals surface area contributed by atoms with Gasteiger partial charge in [-0.1, -0.05) is 18.2 Å². The number of fused-ring (bicyclic) bond motifs is 4. The Morgan fingerprint density at radius 3 is 3.00 bits per heavy atom. The molecule has 0 radical (unpaired) electrons. The molecule has 0 atom stereocenters. The number of H-pyrrole nitrogens is 1. The smallest absolute Gasteiger partial charge is 0.275 e. The summed E-state index contributed by atoms with van der Waals surface area (Å²) in [6.07, 6.45) is 2.10. The number of hydrogen-bond donors (Lipinski definition) is 1. The van der Waals surface area contributed by atoms with Gasteiger partial charge in [-0.2, -0.15) is 0 Å². The Bertz CT molecular complexity index is 795. The second-order valence-corrected chi connectivity index (χ2v) is 4.66. The number of nitrogens with zero attached hydrogens (tertiary/aromatic N) is 1. The van der Waals surface area contributed by atoms with Crippen molar-refractivity contribution >= 4 is 21.8 Å². The molecule has 3 nitrogen and oxygen atoms in total. The fourth-order valence-electron chi connectivity index (χ4n) is 2.86. The summed E-state index contributed by atoms with van der Waals surface area (Å²) in [5.74, 6) is 0. The first kappa shape index (κ1) is 9.05. The number of aryl methyl sites for hydroxylation is 1. The van der Waals surface area contributed by atoms with Gasteiger partial charge in [0.25, 0.3) is 5.56 Å². The lowest BCUT2D eigenvalue weighted by Gasteiger charge is -2.02. The minimum atomic E-state index is 0.131. The molecule has 2 aromatic heterocycles. The van der Waals surface area contributed by atoms with Crippen LogP contribution in [0.15, 0.2) is 35.1 Å². The molecule has 0 saturated carbocycles. The van der Waals surface area contributed by atoms with Gasteiger partial charge in [0.15, 0.2) is 0 Å². The number of nitrogens with one attached hydrogen (secondary N) is 1. The number of aromatic amines is 1. The van der Waals surface area contributed by atoms with Crippen LogP contribution in [-0.2, 0) is 13.0 Å². The fraction of sp³-hybridized carbons (Fsp3) is 0.214. The van der Waals surface area contributed by atoms with Crippen LogP contribution in [0.2, 0.25) is 0 Å². The van der Waals surface area contributed by atoms with Gasteiger partial charge >= 0.3 is 0 Å². The number of pyridine rings is 1. The first-order valence-corrected chi connectivity index (χ1v) is 5.98. The first-order valence-electron chi connectivity index (χ1n) is 5.98. The third kappa shape index (κ3) is 1.08. The summed E-state index contributed by atoms with van der Waals surface area (Å²) in [5.41, 5.74) is 3.10. The molecule has 1 N–H and O–H groups in total. The molecule has 84 valence electrons. The fourth-order valence-corrected chi connectivity index (χ4v) is 2.86. The molecule has 1 aromatic carbocycles. The van der Waals surface area contributed by atoms with Crippen LogP contribution in [-0.4, -0.2) is 9.55 Å². The molecule has 1 aliphatic rings. The van der Waals surface area contributed by atoms with Gasteiger partial charge in [-0.3, -0.25) is 4.79 Å². The second kappa shape index (κ2) is 3.00. The molecule has 0 amide bonds. The predicted molar refractivity (Wildman–Crippen MR) is 68.4 cm³/mol. The molecule has 0 bridgehead atoms. The maximum Gasteiger partial charge on any atom is 0.275 e. The van der Waals surface area contributed by atoms with Crippen LogP contribution < -0.4 is 5.56 Å². The van der Waals surface area contributed by atoms with E-state index in [0.29, 0.717) is 0 Å². The summed E-state index contributed by atoms with van der Waals surface area (Å²) >= 11 is 0. The molecule has 4 rings (SSSR count). The molecule has 0 spiro atoms. The summed E-state index contributed by atoms with van der Waals surface area (Å²) in [4.78, 5) is 15.6. The second-order valence-electron chi connectivity index (χ2n) is 4.66. The number of para-hydroxylation sites is 1. The van der Waals surface area contributed by atoms with Crippen molar-refractivity contribution in [3.05, 3.63) is 46.4 Å². The van der Waals surface area contributed by atoms with Gasteiger partial charge in [0, 0.05) is 28.5 Å². The molecular formula is C14H12N2O. The van der Waals surface area contributed by atoms with Gasteiger partial charge in [-0.15, -0.1) is 0 Å². The zero-order chi connectivity index (χ0) is 11.4. The molecule has 0 unspecified atom stereocenters. The highest BCUT2D eigenvalue weighted by Gasteiger charge is 2.16. The Hall–Kier alpha value is -2.03. The number of aromatic nitrogens is 2. The average molecular weight is 224 g/mol. The van der Waals surface area contributed by atoms with E-state index in [9.17, 15) is 4.79 Å². The maximum atomic E-state index is 12.3. The predicted octanol–water partition coefficient (Wildman–Crippen LogP) is 2.43. The van der Waals surface area contributed by atoms with Crippen LogP contribution >= 0.6 is 0 Å². The van der Waals surface area contributed by atoms with E-state index < -0.39 is 0 Å². The summed E-state index contributed by atoms with van der Waals surface area (Å²) in [6, 6.07) is 10.3. The van der Waals surface area contributed by atoms with Crippen LogP contribution in [0.4, 0.5) is 0 Å². The topological polar surface area (TPSA) is 37.8 Å². The largest absolute Gasteiger partial charge is 0.350 e. The molecule has 0 saturated heterocycles. The molecule has 3 aromatic rings. The molecule has 3 heterocycles. The van der Waals surface area contributed by atoms with Gasteiger partial charge in [0.05, 0.1) is 0 Å². The first-order chi connectivity index (χ1) is 8.34. The molecule has 3 heteroatoms. The lowest BCUT2D eigenvalue weighted by Crippen LogP contribution is -2.19. The van der Waals surface area contributed by atoms with Crippen LogP contribution in [0.1, 0.15) is 12.1 Å². The minimum Gasteiger partial charge on any atom is -0.350 e. The molecule has 1 aliphatic heterocycles. The van der Waals surface area contributed by atoms with Crippen LogP contribution in [0.3, 0.4) is 0 Å². The monoisotopic (exact) mass is 224 g/mol. The van der Waals surface area contributed by atoms with E-state index in [2.05, 4.69) is 17.1 Å². The van der Waals surface area contributed by atoms with Crippen molar-refractivity contribution in [2.24, 2.45) is 0 Å². The SMILES string of the molecule is O=c1c2[nH]c3ccccc3c2cc2n1CCC2. The average Bonchev–Trinajstić information content (AvgIpc) is 2.94. The minimum absolute atomic E-state index is 0.131. The van der Waals surface area contributed by atoms with Crippen LogP contribution in [0.5, 0.6) is 0 Å². The molecule has 17 heavy (non-hydrogen) atoms. The van der Waals surface area contributed by atoms with Gasteiger partial charge in [0.1, 0.15) is 5.52 Å². The molecule has 0 aliphatic carbocycles. The lowest BCUT2D eigenvalue weighted by atomic mass is 10.1. The summed E-state index contributed by atoms with van der Waals surface area (Å²) < 4.78 is 1.90. The van der Waals surface area contributed by atoms with E-state index in [1.807, 2.05) is 22.8 Å². The van der Waals surface area contributed by atoms with Crippen molar-refractivity contribution in [1.82, 2.24) is 9.55 Å².